The molecule has 8 heteroatoms. The van der Waals surface area contributed by atoms with Crippen LogP contribution in [0.15, 0.2) is 47.7 Å². The molecule has 0 bridgehead atoms. The van der Waals surface area contributed by atoms with Crippen LogP contribution >= 0.6 is 0 Å². The van der Waals surface area contributed by atoms with Gasteiger partial charge in [-0.2, -0.15) is 0 Å². The van der Waals surface area contributed by atoms with Gasteiger partial charge in [0, 0.05) is 48.5 Å². The smallest absolute Gasteiger partial charge is 0.222 e. The molecule has 1 fully saturated rings. The minimum atomic E-state index is -0.264. The van der Waals surface area contributed by atoms with Gasteiger partial charge < -0.3 is 32.6 Å². The van der Waals surface area contributed by atoms with Crippen LogP contribution < -0.4 is 27.8 Å². The van der Waals surface area contributed by atoms with E-state index in [2.05, 4.69) is 30.6 Å². The van der Waals surface area contributed by atoms with E-state index >= 15 is 0 Å². The molecule has 1 saturated carbocycles. The molecule has 2 aliphatic carbocycles. The molecule has 0 aromatic heterocycles. The average Bonchev–Trinajstić information content (AvgIpc) is 3.37. The van der Waals surface area contributed by atoms with Gasteiger partial charge in [-0.25, -0.2) is 0 Å². The lowest BCUT2D eigenvalue weighted by Crippen LogP contribution is -2.78. The SMILES string of the molecule is CC(C)CCOC(C)CC(=O)NC1CCCC1.NC(=O)CCC[NH2+]c1cc(N)ccc1/C=C1/C=CC(N)=CC1. The Kier molecular flexibility index (Phi) is 14.4. The first-order chi connectivity index (χ1) is 18.6. The van der Waals surface area contributed by atoms with Crippen LogP contribution in [0.25, 0.3) is 6.08 Å². The number of hydrogen-bond donors (Lipinski definition) is 5. The summed E-state index contributed by atoms with van der Waals surface area (Å²) in [6, 6.07) is 6.28. The molecule has 0 spiro atoms. The van der Waals surface area contributed by atoms with E-state index in [1.165, 1.54) is 18.4 Å². The first-order valence-electron chi connectivity index (χ1n) is 14.4. The highest BCUT2D eigenvalue weighted by Crippen LogP contribution is 2.22. The number of benzene rings is 1. The van der Waals surface area contributed by atoms with Crippen LogP contribution in [0.2, 0.25) is 0 Å². The lowest BCUT2D eigenvalue weighted by molar-refractivity contribution is -0.571. The lowest BCUT2D eigenvalue weighted by Gasteiger charge is -2.16. The Morgan fingerprint density at radius 3 is 2.54 bits per heavy atom. The highest BCUT2D eigenvalue weighted by molar-refractivity contribution is 5.76. The van der Waals surface area contributed by atoms with Crippen molar-refractivity contribution >= 4 is 29.3 Å². The van der Waals surface area contributed by atoms with Crippen LogP contribution in [-0.2, 0) is 14.3 Å². The van der Waals surface area contributed by atoms with Crippen molar-refractivity contribution in [2.75, 3.05) is 18.9 Å². The van der Waals surface area contributed by atoms with E-state index in [-0.39, 0.29) is 17.9 Å². The fourth-order valence-corrected chi connectivity index (χ4v) is 4.50. The maximum Gasteiger partial charge on any atom is 0.222 e. The fraction of sp³-hybridized carbons (Fsp3) is 0.548. The van der Waals surface area contributed by atoms with Crippen molar-refractivity contribution in [1.29, 1.82) is 0 Å². The average molecular weight is 541 g/mol. The van der Waals surface area contributed by atoms with E-state index in [0.29, 0.717) is 24.8 Å². The first kappa shape index (κ1) is 32.1. The number of nitrogen functional groups attached to an aromatic ring is 1. The largest absolute Gasteiger partial charge is 0.399 e. The molecule has 216 valence electrons. The van der Waals surface area contributed by atoms with Crippen molar-refractivity contribution < 1.29 is 19.6 Å². The summed E-state index contributed by atoms with van der Waals surface area (Å²) in [5.74, 6) is 0.545. The summed E-state index contributed by atoms with van der Waals surface area (Å²) in [5.41, 5.74) is 21.7. The predicted molar refractivity (Wildman–Crippen MR) is 160 cm³/mol. The Morgan fingerprint density at radius 1 is 1.15 bits per heavy atom. The Labute approximate surface area is 234 Å². The molecule has 1 atom stereocenters. The number of amides is 2. The number of nitrogens with one attached hydrogen (secondary N) is 1. The van der Waals surface area contributed by atoms with Gasteiger partial charge in [0.25, 0.3) is 0 Å². The van der Waals surface area contributed by atoms with Gasteiger partial charge in [0.05, 0.1) is 19.1 Å². The molecular formula is C31H50N5O3+. The van der Waals surface area contributed by atoms with Crippen LogP contribution in [0, 0.1) is 5.92 Å². The molecule has 2 aliphatic rings. The molecule has 1 aromatic carbocycles. The number of carbonyl (C=O) groups is 2. The minimum Gasteiger partial charge on any atom is -0.399 e. The Bertz CT molecular complexity index is 1010. The van der Waals surface area contributed by atoms with E-state index < -0.39 is 0 Å². The third-order valence-electron chi connectivity index (χ3n) is 6.80. The van der Waals surface area contributed by atoms with Crippen LogP contribution in [-0.4, -0.2) is 37.1 Å². The van der Waals surface area contributed by atoms with Crippen molar-refractivity contribution in [1.82, 2.24) is 5.32 Å². The topological polar surface area (TPSA) is 150 Å². The van der Waals surface area contributed by atoms with E-state index in [4.69, 9.17) is 21.9 Å². The van der Waals surface area contributed by atoms with Gasteiger partial charge >= 0.3 is 0 Å². The van der Waals surface area contributed by atoms with E-state index in [0.717, 1.165) is 67.9 Å². The van der Waals surface area contributed by atoms with Gasteiger partial charge in [-0.3, -0.25) is 9.59 Å². The van der Waals surface area contributed by atoms with Gasteiger partial charge in [-0.15, -0.1) is 0 Å². The summed E-state index contributed by atoms with van der Waals surface area (Å²) < 4.78 is 5.63. The van der Waals surface area contributed by atoms with Gasteiger partial charge in [0.15, 0.2) is 0 Å². The molecule has 3 rings (SSSR count). The highest BCUT2D eigenvalue weighted by Gasteiger charge is 2.18. The van der Waals surface area contributed by atoms with E-state index in [1.807, 2.05) is 43.4 Å². The number of nitrogens with two attached hydrogens (primary N) is 4. The third-order valence-corrected chi connectivity index (χ3v) is 6.80. The molecular weight excluding hydrogens is 490 g/mol. The summed E-state index contributed by atoms with van der Waals surface area (Å²) in [6.07, 6.45) is 16.5. The maximum absolute atomic E-state index is 11.7. The number of carbonyl (C=O) groups excluding carboxylic acids is 2. The van der Waals surface area contributed by atoms with Crippen LogP contribution in [0.5, 0.6) is 0 Å². The lowest BCUT2D eigenvalue weighted by atomic mass is 10.0. The number of hydrogen-bond acceptors (Lipinski definition) is 5. The molecule has 0 saturated heterocycles. The van der Waals surface area contributed by atoms with Crippen molar-refractivity contribution in [2.45, 2.75) is 90.7 Å². The molecule has 2 amide bonds. The van der Waals surface area contributed by atoms with Gasteiger partial charge in [0.1, 0.15) is 5.69 Å². The van der Waals surface area contributed by atoms with Crippen molar-refractivity contribution in [3.8, 4) is 0 Å². The van der Waals surface area contributed by atoms with Gasteiger partial charge in [-0.05, 0) is 68.4 Å². The molecule has 1 unspecified atom stereocenters. The quantitative estimate of drug-likeness (QED) is 0.190. The third kappa shape index (κ3) is 14.0. The molecule has 0 heterocycles. The molecule has 8 nitrogen and oxygen atoms in total. The van der Waals surface area contributed by atoms with Crippen LogP contribution in [0.3, 0.4) is 0 Å². The second-order valence-electron chi connectivity index (χ2n) is 11.0. The van der Waals surface area contributed by atoms with E-state index in [9.17, 15) is 9.59 Å². The fourth-order valence-electron chi connectivity index (χ4n) is 4.50. The Balaban J connectivity index is 0.000000283. The number of anilines is 1. The van der Waals surface area contributed by atoms with E-state index in [1.54, 1.807) is 0 Å². The number of ether oxygens (including phenoxy) is 1. The molecule has 0 radical (unpaired) electrons. The second kappa shape index (κ2) is 17.5. The first-order valence-corrected chi connectivity index (χ1v) is 14.4. The second-order valence-corrected chi connectivity index (χ2v) is 11.0. The summed E-state index contributed by atoms with van der Waals surface area (Å²) in [6.45, 7) is 7.90. The monoisotopic (exact) mass is 540 g/mol. The molecule has 9 N–H and O–H groups in total. The Hall–Kier alpha value is -3.10. The van der Waals surface area contributed by atoms with Crippen LogP contribution in [0.1, 0.15) is 84.1 Å². The normalized spacial score (nSPS) is 17.0. The summed E-state index contributed by atoms with van der Waals surface area (Å²) in [4.78, 5) is 22.5. The predicted octanol–water partition coefficient (Wildman–Crippen LogP) is 3.80. The zero-order valence-corrected chi connectivity index (χ0v) is 24.1. The summed E-state index contributed by atoms with van der Waals surface area (Å²) >= 11 is 0. The zero-order chi connectivity index (χ0) is 28.6. The number of primary amides is 1. The van der Waals surface area contributed by atoms with Crippen molar-refractivity contribution in [2.24, 2.45) is 17.4 Å². The standard InChI is InChI=1S/C17H22N4O.C14H27NO2/c18-14-6-3-12(4-7-14)10-13-5-8-15(19)11-16(13)21-9-1-2-17(20)22;1-11(2)8-9-17-12(3)10-14(16)15-13-6-4-5-7-13/h3,5-8,10-11,21H,1-2,4,9,18-19H2,(H2,20,22);11-13H,4-10H2,1-3H3,(H,15,16)/p+1/b12-10-;. The van der Waals surface area contributed by atoms with Gasteiger partial charge in [0.2, 0.25) is 11.8 Å². The molecule has 0 aliphatic heterocycles. The molecule has 39 heavy (non-hydrogen) atoms. The molecule has 1 aromatic rings. The van der Waals surface area contributed by atoms with Crippen LogP contribution in [0.4, 0.5) is 11.4 Å². The summed E-state index contributed by atoms with van der Waals surface area (Å²) in [7, 11) is 0. The highest BCUT2D eigenvalue weighted by atomic mass is 16.5. The maximum atomic E-state index is 11.7. The summed E-state index contributed by atoms with van der Waals surface area (Å²) in [5, 5.41) is 5.19. The zero-order valence-electron chi connectivity index (χ0n) is 24.1. The minimum absolute atomic E-state index is 0.0372. The van der Waals surface area contributed by atoms with Crippen molar-refractivity contribution in [3.05, 3.63) is 53.3 Å². The number of rotatable bonds is 13. The Morgan fingerprint density at radius 2 is 1.90 bits per heavy atom. The van der Waals surface area contributed by atoms with Crippen molar-refractivity contribution in [3.63, 3.8) is 0 Å². The number of allylic oxidation sites excluding steroid dienone is 4. The number of quaternary nitrogens is 1. The van der Waals surface area contributed by atoms with Gasteiger partial charge in [-0.1, -0.05) is 38.8 Å².